The second kappa shape index (κ2) is 5.88. The van der Waals surface area contributed by atoms with Gasteiger partial charge >= 0.3 is 0 Å². The highest BCUT2D eigenvalue weighted by atomic mass is 35.5. The van der Waals surface area contributed by atoms with E-state index in [4.69, 9.17) is 11.6 Å². The largest absolute Gasteiger partial charge is 0.391 e. The molecule has 2 rings (SSSR count). The van der Waals surface area contributed by atoms with E-state index in [0.29, 0.717) is 18.0 Å². The number of amides is 1. The molecule has 1 aliphatic rings. The number of likely N-dealkylation sites (N-methyl/N-ethyl adjacent to an activating group) is 1. The van der Waals surface area contributed by atoms with E-state index in [1.54, 1.807) is 7.05 Å². The third-order valence-corrected chi connectivity index (χ3v) is 3.76. The first-order valence-corrected chi connectivity index (χ1v) is 6.71. The molecule has 0 radical (unpaired) electrons. The molecule has 3 nitrogen and oxygen atoms in total. The zero-order valence-electron chi connectivity index (χ0n) is 10.8. The molecule has 0 saturated heterocycles. The number of nitrogens with zero attached hydrogens (tertiary/aromatic N) is 1. The lowest BCUT2D eigenvalue weighted by atomic mass is 10.1. The molecule has 1 saturated carbocycles. The fourth-order valence-corrected chi connectivity index (χ4v) is 2.21. The predicted octanol–water partition coefficient (Wildman–Crippen LogP) is 2.25. The zero-order chi connectivity index (χ0) is 14.0. The second-order valence-electron chi connectivity index (χ2n) is 5.09. The van der Waals surface area contributed by atoms with Crippen LogP contribution in [0.2, 0.25) is 5.02 Å². The molecular formula is C14H17ClFNO2. The maximum absolute atomic E-state index is 12.9. The van der Waals surface area contributed by atoms with E-state index < -0.39 is 11.9 Å². The quantitative estimate of drug-likeness (QED) is 0.901. The molecule has 1 fully saturated rings. The summed E-state index contributed by atoms with van der Waals surface area (Å²) in [5, 5.41) is 10.0. The lowest BCUT2D eigenvalue weighted by molar-refractivity contribution is -0.130. The number of aliphatic hydroxyl groups excluding tert-OH is 1. The zero-order valence-corrected chi connectivity index (χ0v) is 11.5. The van der Waals surface area contributed by atoms with Crippen molar-refractivity contribution in [3.05, 3.63) is 34.6 Å². The van der Waals surface area contributed by atoms with Crippen molar-refractivity contribution in [2.24, 2.45) is 5.92 Å². The van der Waals surface area contributed by atoms with E-state index in [2.05, 4.69) is 0 Å². The van der Waals surface area contributed by atoms with E-state index in [0.717, 1.165) is 12.8 Å². The van der Waals surface area contributed by atoms with Crippen LogP contribution in [0, 0.1) is 11.7 Å². The van der Waals surface area contributed by atoms with Gasteiger partial charge in [0.2, 0.25) is 5.91 Å². The molecule has 1 aromatic carbocycles. The van der Waals surface area contributed by atoms with E-state index in [-0.39, 0.29) is 17.4 Å². The van der Waals surface area contributed by atoms with Crippen LogP contribution in [0.3, 0.4) is 0 Å². The van der Waals surface area contributed by atoms with Crippen molar-refractivity contribution in [3.8, 4) is 0 Å². The Kier molecular flexibility index (Phi) is 4.42. The van der Waals surface area contributed by atoms with Gasteiger partial charge in [0, 0.05) is 18.6 Å². The molecule has 19 heavy (non-hydrogen) atoms. The maximum atomic E-state index is 12.9. The monoisotopic (exact) mass is 285 g/mol. The van der Waals surface area contributed by atoms with Crippen molar-refractivity contribution < 1.29 is 14.3 Å². The summed E-state index contributed by atoms with van der Waals surface area (Å²) in [5.74, 6) is -0.212. The smallest absolute Gasteiger partial charge is 0.226 e. The number of benzene rings is 1. The average molecular weight is 286 g/mol. The topological polar surface area (TPSA) is 40.5 Å². The van der Waals surface area contributed by atoms with Crippen molar-refractivity contribution in [2.45, 2.75) is 25.4 Å². The average Bonchev–Trinajstić information content (AvgIpc) is 3.16. The summed E-state index contributed by atoms with van der Waals surface area (Å²) >= 11 is 5.88. The first-order valence-electron chi connectivity index (χ1n) is 6.33. The minimum atomic E-state index is -0.447. The molecule has 0 spiro atoms. The Morgan fingerprint density at radius 2 is 2.26 bits per heavy atom. The highest BCUT2D eigenvalue weighted by Crippen LogP contribution is 2.32. The van der Waals surface area contributed by atoms with Crippen LogP contribution in [0.1, 0.15) is 18.4 Å². The molecule has 0 heterocycles. The van der Waals surface area contributed by atoms with Crippen LogP contribution in [0.25, 0.3) is 0 Å². The molecule has 1 N–H and O–H groups in total. The number of hydrogen-bond donors (Lipinski definition) is 1. The van der Waals surface area contributed by atoms with Gasteiger partial charge < -0.3 is 10.0 Å². The van der Waals surface area contributed by atoms with Gasteiger partial charge in [0.15, 0.2) is 0 Å². The van der Waals surface area contributed by atoms with Gasteiger partial charge in [0.1, 0.15) is 5.82 Å². The van der Waals surface area contributed by atoms with Crippen molar-refractivity contribution in [1.82, 2.24) is 4.90 Å². The summed E-state index contributed by atoms with van der Waals surface area (Å²) in [7, 11) is 1.66. The second-order valence-corrected chi connectivity index (χ2v) is 5.50. The molecule has 5 heteroatoms. The molecule has 1 unspecified atom stereocenters. The SMILES string of the molecule is CN(CC(O)C1CC1)C(=O)Cc1ccc(F)cc1Cl. The molecule has 0 aliphatic heterocycles. The van der Waals surface area contributed by atoms with Crippen LogP contribution in [-0.2, 0) is 11.2 Å². The molecule has 1 atom stereocenters. The van der Waals surface area contributed by atoms with Crippen molar-refractivity contribution in [3.63, 3.8) is 0 Å². The number of hydrogen-bond acceptors (Lipinski definition) is 2. The molecule has 1 amide bonds. The van der Waals surface area contributed by atoms with Gasteiger partial charge in [-0.05, 0) is 36.5 Å². The Labute approximate surface area is 117 Å². The van der Waals surface area contributed by atoms with Crippen LogP contribution in [0.15, 0.2) is 18.2 Å². The molecule has 1 aliphatic carbocycles. The van der Waals surface area contributed by atoms with Crippen molar-refractivity contribution in [2.75, 3.05) is 13.6 Å². The number of rotatable bonds is 5. The standard InChI is InChI=1S/C14H17ClFNO2/c1-17(8-13(18)9-2-3-9)14(19)6-10-4-5-11(16)7-12(10)15/h4-5,7,9,13,18H,2-3,6,8H2,1H3. The normalized spacial score (nSPS) is 16.2. The molecule has 1 aromatic rings. The van der Waals surface area contributed by atoms with Gasteiger partial charge in [-0.25, -0.2) is 4.39 Å². The van der Waals surface area contributed by atoms with Gasteiger partial charge in [0.05, 0.1) is 12.5 Å². The first kappa shape index (κ1) is 14.3. The lowest BCUT2D eigenvalue weighted by Crippen LogP contribution is -2.36. The molecule has 0 bridgehead atoms. The van der Waals surface area contributed by atoms with Crippen LogP contribution in [-0.4, -0.2) is 35.6 Å². The summed E-state index contributed by atoms with van der Waals surface area (Å²) < 4.78 is 12.9. The van der Waals surface area contributed by atoms with Gasteiger partial charge in [-0.2, -0.15) is 0 Å². The highest BCUT2D eigenvalue weighted by Gasteiger charge is 2.31. The third-order valence-electron chi connectivity index (χ3n) is 3.41. The minimum Gasteiger partial charge on any atom is -0.391 e. The van der Waals surface area contributed by atoms with Crippen molar-refractivity contribution in [1.29, 1.82) is 0 Å². The van der Waals surface area contributed by atoms with Gasteiger partial charge in [0.25, 0.3) is 0 Å². The van der Waals surface area contributed by atoms with Gasteiger partial charge in [-0.3, -0.25) is 4.79 Å². The van der Waals surface area contributed by atoms with Crippen LogP contribution < -0.4 is 0 Å². The van der Waals surface area contributed by atoms with E-state index in [9.17, 15) is 14.3 Å². The Bertz CT molecular complexity index is 477. The summed E-state index contributed by atoms with van der Waals surface area (Å²) in [6.07, 6.45) is 1.74. The van der Waals surface area contributed by atoms with Crippen molar-refractivity contribution >= 4 is 17.5 Å². The van der Waals surface area contributed by atoms with E-state index in [1.807, 2.05) is 0 Å². The van der Waals surface area contributed by atoms with Gasteiger partial charge in [-0.15, -0.1) is 0 Å². The predicted molar refractivity (Wildman–Crippen MR) is 71.5 cm³/mol. The molecular weight excluding hydrogens is 269 g/mol. The number of aliphatic hydroxyl groups is 1. The fraction of sp³-hybridized carbons (Fsp3) is 0.500. The minimum absolute atomic E-state index is 0.118. The molecule has 0 aromatic heterocycles. The number of halogens is 2. The Hall–Kier alpha value is -1.13. The molecule has 104 valence electrons. The first-order chi connectivity index (χ1) is 8.97. The van der Waals surface area contributed by atoms with Crippen LogP contribution in [0.4, 0.5) is 4.39 Å². The summed E-state index contributed by atoms with van der Waals surface area (Å²) in [6, 6.07) is 4.00. The van der Waals surface area contributed by atoms with E-state index >= 15 is 0 Å². The third kappa shape index (κ3) is 3.91. The fourth-order valence-electron chi connectivity index (χ4n) is 1.98. The summed E-state index contributed by atoms with van der Waals surface area (Å²) in [6.45, 7) is 0.336. The number of carbonyl (C=O) groups is 1. The maximum Gasteiger partial charge on any atom is 0.226 e. The number of carbonyl (C=O) groups excluding carboxylic acids is 1. The van der Waals surface area contributed by atoms with E-state index in [1.165, 1.54) is 23.1 Å². The van der Waals surface area contributed by atoms with Crippen LogP contribution >= 0.6 is 11.6 Å². The summed E-state index contributed by atoms with van der Waals surface area (Å²) in [4.78, 5) is 13.5. The summed E-state index contributed by atoms with van der Waals surface area (Å²) in [5.41, 5.74) is 0.598. The Balaban J connectivity index is 1.91. The van der Waals surface area contributed by atoms with Gasteiger partial charge in [-0.1, -0.05) is 17.7 Å². The highest BCUT2D eigenvalue weighted by molar-refractivity contribution is 6.31. The van der Waals surface area contributed by atoms with Crippen LogP contribution in [0.5, 0.6) is 0 Å². The Morgan fingerprint density at radius 3 is 2.84 bits per heavy atom. The lowest BCUT2D eigenvalue weighted by Gasteiger charge is -2.21. The Morgan fingerprint density at radius 1 is 1.58 bits per heavy atom.